The lowest BCUT2D eigenvalue weighted by molar-refractivity contribution is 0.509. The molecule has 1 aromatic carbocycles. The maximum atomic E-state index is 5.36. The first-order valence-corrected chi connectivity index (χ1v) is 7.62. The molecule has 0 radical (unpaired) electrons. The molecule has 0 bridgehead atoms. The van der Waals surface area contributed by atoms with Crippen molar-refractivity contribution in [2.75, 3.05) is 12.3 Å². The number of hydrogen-bond acceptors (Lipinski definition) is 2. The predicted octanol–water partition coefficient (Wildman–Crippen LogP) is 5.09. The van der Waals surface area contributed by atoms with Gasteiger partial charge in [-0.25, -0.2) is 0 Å². The number of nitrogen functional groups attached to an aromatic ring is 1. The Morgan fingerprint density at radius 3 is 1.58 bits per heavy atom. The Hall–Kier alpha value is -1.02. The molecule has 0 saturated carbocycles. The van der Waals surface area contributed by atoms with Crippen LogP contribution < -0.4 is 11.5 Å². The second-order valence-electron chi connectivity index (χ2n) is 4.12. The number of para-hydroxylation sites is 1. The third-order valence-corrected chi connectivity index (χ3v) is 2.28. The molecule has 1 rings (SSSR count). The molecule has 4 N–H and O–H groups in total. The minimum absolute atomic E-state index is 0.750. The van der Waals surface area contributed by atoms with Crippen LogP contribution in [0.2, 0.25) is 0 Å². The fraction of sp³-hybridized carbons (Fsp3) is 0.647. The normalized spacial score (nSPS) is 9.63. The molecular weight excluding hydrogens is 232 g/mol. The van der Waals surface area contributed by atoms with Gasteiger partial charge in [-0.3, -0.25) is 0 Å². The van der Waals surface area contributed by atoms with Crippen LogP contribution in [0.5, 0.6) is 0 Å². The number of anilines is 1. The van der Waals surface area contributed by atoms with Crippen LogP contribution in [0.25, 0.3) is 0 Å². The highest BCUT2D eigenvalue weighted by Crippen LogP contribution is 2.07. The maximum Gasteiger partial charge on any atom is 0.0313 e. The highest BCUT2D eigenvalue weighted by atomic mass is 14.5. The monoisotopic (exact) mass is 268 g/mol. The third kappa shape index (κ3) is 26.5. The fourth-order valence-electron chi connectivity index (χ4n) is 1.15. The molecule has 114 valence electrons. The van der Waals surface area contributed by atoms with E-state index in [0.29, 0.717) is 0 Å². The van der Waals surface area contributed by atoms with Crippen molar-refractivity contribution in [3.63, 3.8) is 0 Å². The lowest BCUT2D eigenvalue weighted by Gasteiger charge is -2.02. The van der Waals surface area contributed by atoms with Gasteiger partial charge in [0, 0.05) is 5.69 Å². The molecular formula is C17H36N2. The van der Waals surface area contributed by atoms with Crippen LogP contribution in [-0.4, -0.2) is 6.54 Å². The van der Waals surface area contributed by atoms with Gasteiger partial charge >= 0.3 is 0 Å². The molecule has 0 aromatic heterocycles. The minimum atomic E-state index is 0.750. The fourth-order valence-corrected chi connectivity index (χ4v) is 1.15. The maximum absolute atomic E-state index is 5.36. The van der Waals surface area contributed by atoms with Crippen LogP contribution in [0.1, 0.15) is 60.8 Å². The van der Waals surface area contributed by atoms with Gasteiger partial charge in [-0.2, -0.15) is 0 Å². The van der Waals surface area contributed by atoms with Gasteiger partial charge in [-0.05, 0) is 24.6 Å². The van der Waals surface area contributed by atoms with Gasteiger partial charge in [-0.1, -0.05) is 79.0 Å². The molecule has 0 saturated heterocycles. The van der Waals surface area contributed by atoms with E-state index >= 15 is 0 Å². The lowest BCUT2D eigenvalue weighted by atomic mass is 10.0. The Balaban J connectivity index is -0.000000203. The first kappa shape index (κ1) is 23.1. The third-order valence-electron chi connectivity index (χ3n) is 2.28. The topological polar surface area (TPSA) is 52.0 Å². The van der Waals surface area contributed by atoms with E-state index in [2.05, 4.69) is 20.8 Å². The number of rotatable bonds is 3. The smallest absolute Gasteiger partial charge is 0.0313 e. The summed E-state index contributed by atoms with van der Waals surface area (Å²) in [6.07, 6.45) is 4.08. The van der Waals surface area contributed by atoms with Crippen LogP contribution >= 0.6 is 0 Å². The molecule has 1 unspecified atom stereocenters. The van der Waals surface area contributed by atoms with E-state index in [1.165, 1.54) is 19.3 Å². The van der Waals surface area contributed by atoms with Gasteiger partial charge in [0.25, 0.3) is 0 Å². The van der Waals surface area contributed by atoms with E-state index in [-0.39, 0.29) is 0 Å². The molecule has 0 heterocycles. The Labute approximate surface area is 121 Å². The molecule has 1 atom stereocenters. The second-order valence-corrected chi connectivity index (χ2v) is 4.12. The lowest BCUT2D eigenvalue weighted by Crippen LogP contribution is -1.88. The van der Waals surface area contributed by atoms with Gasteiger partial charge < -0.3 is 11.5 Å². The summed E-state index contributed by atoms with van der Waals surface area (Å²) in [5.41, 5.74) is 11.0. The van der Waals surface area contributed by atoms with E-state index < -0.39 is 0 Å². The van der Waals surface area contributed by atoms with Crippen LogP contribution in [0.15, 0.2) is 30.3 Å². The predicted molar refractivity (Wildman–Crippen MR) is 91.3 cm³/mol. The number of benzene rings is 1. The minimum Gasteiger partial charge on any atom is -0.399 e. The Morgan fingerprint density at radius 2 is 1.42 bits per heavy atom. The van der Waals surface area contributed by atoms with Crippen molar-refractivity contribution >= 4 is 5.69 Å². The number of nitrogens with two attached hydrogens (primary N) is 2. The molecule has 0 amide bonds. The van der Waals surface area contributed by atoms with Crippen molar-refractivity contribution in [3.05, 3.63) is 30.3 Å². The average molecular weight is 268 g/mol. The van der Waals surface area contributed by atoms with Crippen LogP contribution in [0.3, 0.4) is 0 Å². The van der Waals surface area contributed by atoms with Crippen LogP contribution in [-0.2, 0) is 0 Å². The molecule has 0 aliphatic rings. The van der Waals surface area contributed by atoms with Crippen molar-refractivity contribution in [2.45, 2.75) is 60.8 Å². The first-order valence-electron chi connectivity index (χ1n) is 7.62. The quantitative estimate of drug-likeness (QED) is 0.750. The summed E-state index contributed by atoms with van der Waals surface area (Å²) in [6, 6.07) is 9.49. The van der Waals surface area contributed by atoms with Gasteiger partial charge in [0.05, 0.1) is 0 Å². The summed E-state index contributed by atoms with van der Waals surface area (Å²) in [5.74, 6) is 0.949. The van der Waals surface area contributed by atoms with Crippen LogP contribution in [0, 0.1) is 5.92 Å². The van der Waals surface area contributed by atoms with E-state index in [4.69, 9.17) is 11.5 Å². The highest BCUT2D eigenvalue weighted by Gasteiger charge is 1.92. The van der Waals surface area contributed by atoms with Gasteiger partial charge in [0.15, 0.2) is 0 Å². The van der Waals surface area contributed by atoms with Gasteiger partial charge in [-0.15, -0.1) is 0 Å². The summed E-state index contributed by atoms with van der Waals surface area (Å²) in [6.45, 7) is 13.5. The molecule has 0 spiro atoms. The van der Waals surface area contributed by atoms with E-state index in [1.54, 1.807) is 0 Å². The Morgan fingerprint density at radius 1 is 1.00 bits per heavy atom. The molecule has 0 fully saturated rings. The van der Waals surface area contributed by atoms with Gasteiger partial charge in [0.2, 0.25) is 0 Å². The molecule has 1 aromatic rings. The van der Waals surface area contributed by atoms with Crippen LogP contribution in [0.4, 0.5) is 5.69 Å². The van der Waals surface area contributed by atoms with Crippen molar-refractivity contribution in [3.8, 4) is 0 Å². The summed E-state index contributed by atoms with van der Waals surface area (Å²) in [4.78, 5) is 0. The van der Waals surface area contributed by atoms with Crippen molar-refractivity contribution in [1.29, 1.82) is 0 Å². The SMILES string of the molecule is CC.CCCC(C)CC.CCN.Nc1ccccc1. The zero-order valence-electron chi connectivity index (χ0n) is 13.9. The Bertz CT molecular complexity index is 222. The number of hydrogen-bond donors (Lipinski definition) is 2. The van der Waals surface area contributed by atoms with E-state index in [1.807, 2.05) is 51.1 Å². The molecule has 0 aliphatic carbocycles. The van der Waals surface area contributed by atoms with Crippen molar-refractivity contribution in [2.24, 2.45) is 11.7 Å². The van der Waals surface area contributed by atoms with E-state index in [0.717, 1.165) is 18.2 Å². The first-order chi connectivity index (χ1) is 9.12. The standard InChI is InChI=1S/C7H16.C6H7N.C2H7N.C2H6/c1-4-6-7(3)5-2;7-6-4-2-1-3-5-6;1-2-3;1-2/h7H,4-6H2,1-3H3;1-5H,7H2;2-3H2,1H3;1-2H3. The highest BCUT2D eigenvalue weighted by molar-refractivity contribution is 5.35. The molecule has 2 nitrogen and oxygen atoms in total. The summed E-state index contributed by atoms with van der Waals surface area (Å²) in [5, 5.41) is 0. The average Bonchev–Trinajstić information content (AvgIpc) is 2.44. The Kier molecular flexibility index (Phi) is 27.0. The molecule has 2 heteroatoms. The zero-order chi connectivity index (χ0) is 15.5. The largest absolute Gasteiger partial charge is 0.399 e. The summed E-state index contributed by atoms with van der Waals surface area (Å²) in [7, 11) is 0. The second kappa shape index (κ2) is 22.2. The summed E-state index contributed by atoms with van der Waals surface area (Å²) < 4.78 is 0. The molecule has 19 heavy (non-hydrogen) atoms. The van der Waals surface area contributed by atoms with Gasteiger partial charge in [0.1, 0.15) is 0 Å². The van der Waals surface area contributed by atoms with Crippen molar-refractivity contribution < 1.29 is 0 Å². The zero-order valence-corrected chi connectivity index (χ0v) is 13.9. The summed E-state index contributed by atoms with van der Waals surface area (Å²) >= 11 is 0. The molecule has 0 aliphatic heterocycles. The van der Waals surface area contributed by atoms with E-state index in [9.17, 15) is 0 Å². The van der Waals surface area contributed by atoms with Crippen molar-refractivity contribution in [1.82, 2.24) is 0 Å².